The van der Waals surface area contributed by atoms with Crippen LogP contribution < -0.4 is 5.63 Å². The van der Waals surface area contributed by atoms with Crippen LogP contribution in [0.4, 0.5) is 0 Å². The summed E-state index contributed by atoms with van der Waals surface area (Å²) in [5.74, 6) is 1.03. The van der Waals surface area contributed by atoms with Gasteiger partial charge in [0, 0.05) is 26.9 Å². The minimum Gasteiger partial charge on any atom is -0.454 e. The van der Waals surface area contributed by atoms with Gasteiger partial charge in [0.2, 0.25) is 0 Å². The maximum absolute atomic E-state index is 13.0. The highest BCUT2D eigenvalue weighted by Crippen LogP contribution is 2.42. The van der Waals surface area contributed by atoms with Crippen molar-refractivity contribution >= 4 is 44.9 Å². The molecular formula is C23H12Cl2O3. The molecule has 0 saturated carbocycles. The Morgan fingerprint density at radius 1 is 0.679 bits per heavy atom. The Labute approximate surface area is 169 Å². The number of fused-ring (bicyclic) bond motifs is 3. The quantitative estimate of drug-likeness (QED) is 0.291. The molecular weight excluding hydrogens is 395 g/mol. The fourth-order valence-electron chi connectivity index (χ4n) is 3.46. The normalized spacial score (nSPS) is 11.4. The van der Waals surface area contributed by atoms with Crippen LogP contribution in [0.2, 0.25) is 10.0 Å². The smallest absolute Gasteiger partial charge is 0.348 e. The van der Waals surface area contributed by atoms with E-state index in [-0.39, 0.29) is 5.02 Å². The molecule has 136 valence electrons. The highest BCUT2D eigenvalue weighted by Gasteiger charge is 2.24. The van der Waals surface area contributed by atoms with Gasteiger partial charge >= 0.3 is 5.63 Å². The number of rotatable bonds is 2. The first-order valence-corrected chi connectivity index (χ1v) is 9.38. The van der Waals surface area contributed by atoms with E-state index in [9.17, 15) is 4.79 Å². The van der Waals surface area contributed by atoms with E-state index in [1.54, 1.807) is 12.1 Å². The summed E-state index contributed by atoms with van der Waals surface area (Å²) in [5.41, 5.74) is 1.42. The highest BCUT2D eigenvalue weighted by atomic mass is 35.5. The van der Waals surface area contributed by atoms with Crippen molar-refractivity contribution in [1.29, 1.82) is 0 Å². The summed E-state index contributed by atoms with van der Waals surface area (Å²) in [6, 6.07) is 22.4. The van der Waals surface area contributed by atoms with Crippen LogP contribution in [0.5, 0.6) is 0 Å². The molecule has 0 bridgehead atoms. The fraction of sp³-hybridized carbons (Fsp3) is 0. The zero-order valence-electron chi connectivity index (χ0n) is 14.4. The van der Waals surface area contributed by atoms with E-state index in [2.05, 4.69) is 0 Å². The molecule has 5 heteroatoms. The molecule has 5 aromatic rings. The van der Waals surface area contributed by atoms with Gasteiger partial charge in [-0.1, -0.05) is 83.9 Å². The van der Waals surface area contributed by atoms with Crippen molar-refractivity contribution in [2.75, 3.05) is 0 Å². The molecule has 0 N–H and O–H groups in total. The molecule has 0 unspecified atom stereocenters. The second-order valence-electron chi connectivity index (χ2n) is 6.40. The predicted molar refractivity (Wildman–Crippen MR) is 113 cm³/mol. The molecule has 0 saturated heterocycles. The monoisotopic (exact) mass is 406 g/mol. The van der Waals surface area contributed by atoms with Crippen LogP contribution in [0.15, 0.2) is 86.4 Å². The second-order valence-corrected chi connectivity index (χ2v) is 7.24. The molecule has 3 nitrogen and oxygen atoms in total. The van der Waals surface area contributed by atoms with Crippen LogP contribution >= 0.6 is 23.2 Å². The SMILES string of the molecule is O=c1oc2c(Cl)cc(Cl)cc2c2c(-c3ccccc3)oc(-c3ccccc3)c12. The largest absolute Gasteiger partial charge is 0.454 e. The summed E-state index contributed by atoms with van der Waals surface area (Å²) in [6.07, 6.45) is 0. The van der Waals surface area contributed by atoms with E-state index >= 15 is 0 Å². The number of halogens is 2. The molecule has 5 rings (SSSR count). The van der Waals surface area contributed by atoms with Gasteiger partial charge in [-0.3, -0.25) is 0 Å². The van der Waals surface area contributed by atoms with E-state index < -0.39 is 5.63 Å². The standard InChI is InChI=1S/C23H12Cl2O3/c24-15-11-16-18-19(23(26)28-22(16)17(25)12-15)21(14-9-5-2-6-10-14)27-20(18)13-7-3-1-4-8-13/h1-12H. The average molecular weight is 407 g/mol. The minimum atomic E-state index is -0.503. The van der Waals surface area contributed by atoms with Gasteiger partial charge < -0.3 is 8.83 Å². The second kappa shape index (κ2) is 6.55. The molecule has 0 aliphatic heterocycles. The first-order chi connectivity index (χ1) is 13.6. The van der Waals surface area contributed by atoms with Crippen molar-refractivity contribution in [1.82, 2.24) is 0 Å². The zero-order valence-corrected chi connectivity index (χ0v) is 15.9. The minimum absolute atomic E-state index is 0.281. The maximum Gasteiger partial charge on any atom is 0.348 e. The summed E-state index contributed by atoms with van der Waals surface area (Å²) in [4.78, 5) is 13.0. The van der Waals surface area contributed by atoms with Gasteiger partial charge in [-0.2, -0.15) is 0 Å². The number of hydrogen-bond acceptors (Lipinski definition) is 3. The highest BCUT2D eigenvalue weighted by molar-refractivity contribution is 6.39. The lowest BCUT2D eigenvalue weighted by Gasteiger charge is -2.04. The Balaban J connectivity index is 2.03. The van der Waals surface area contributed by atoms with Crippen molar-refractivity contribution in [3.05, 3.63) is 93.3 Å². The molecule has 2 heterocycles. The molecule has 0 spiro atoms. The lowest BCUT2D eigenvalue weighted by Crippen LogP contribution is -2.00. The van der Waals surface area contributed by atoms with E-state index in [0.717, 1.165) is 11.1 Å². The molecule has 0 radical (unpaired) electrons. The van der Waals surface area contributed by atoms with Crippen molar-refractivity contribution in [2.24, 2.45) is 0 Å². The molecule has 0 aliphatic rings. The van der Waals surface area contributed by atoms with Crippen LogP contribution in [0.3, 0.4) is 0 Å². The summed E-state index contributed by atoms with van der Waals surface area (Å²) >= 11 is 12.6. The lowest BCUT2D eigenvalue weighted by molar-refractivity contribution is 0.567. The van der Waals surface area contributed by atoms with E-state index in [0.29, 0.717) is 38.3 Å². The third-order valence-electron chi connectivity index (χ3n) is 4.66. The summed E-state index contributed by atoms with van der Waals surface area (Å²) in [5, 5.41) is 2.38. The van der Waals surface area contributed by atoms with Gasteiger partial charge in [0.25, 0.3) is 0 Å². The third-order valence-corrected chi connectivity index (χ3v) is 5.16. The Hall–Kier alpha value is -3.01. The van der Waals surface area contributed by atoms with Gasteiger partial charge in [0.05, 0.1) is 5.02 Å². The lowest BCUT2D eigenvalue weighted by atomic mass is 10.0. The van der Waals surface area contributed by atoms with Crippen LogP contribution in [0.25, 0.3) is 44.4 Å². The molecule has 28 heavy (non-hydrogen) atoms. The number of hydrogen-bond donors (Lipinski definition) is 0. The van der Waals surface area contributed by atoms with Gasteiger partial charge in [-0.25, -0.2) is 4.79 Å². The van der Waals surface area contributed by atoms with Crippen LogP contribution in [-0.4, -0.2) is 0 Å². The third kappa shape index (κ3) is 2.63. The van der Waals surface area contributed by atoms with E-state index in [4.69, 9.17) is 32.0 Å². The Morgan fingerprint density at radius 3 is 1.86 bits per heavy atom. The number of furan rings is 1. The van der Waals surface area contributed by atoms with Crippen molar-refractivity contribution in [3.63, 3.8) is 0 Å². The van der Waals surface area contributed by atoms with Crippen LogP contribution in [-0.2, 0) is 0 Å². The Morgan fingerprint density at radius 2 is 1.25 bits per heavy atom. The number of benzene rings is 3. The van der Waals surface area contributed by atoms with E-state index in [1.807, 2.05) is 60.7 Å². The van der Waals surface area contributed by atoms with Crippen molar-refractivity contribution in [2.45, 2.75) is 0 Å². The van der Waals surface area contributed by atoms with E-state index in [1.165, 1.54) is 0 Å². The predicted octanol–water partition coefficient (Wildman–Crippen LogP) is 7.18. The average Bonchev–Trinajstić information content (AvgIpc) is 3.12. The zero-order chi connectivity index (χ0) is 19.3. The fourth-order valence-corrected chi connectivity index (χ4v) is 3.99. The molecule has 3 aromatic carbocycles. The Bertz CT molecular complexity index is 1380. The first kappa shape index (κ1) is 17.1. The summed E-state index contributed by atoms with van der Waals surface area (Å²) < 4.78 is 11.8. The summed E-state index contributed by atoms with van der Waals surface area (Å²) in [7, 11) is 0. The molecule has 0 aliphatic carbocycles. The topological polar surface area (TPSA) is 43.4 Å². The van der Waals surface area contributed by atoms with Gasteiger partial charge in [-0.05, 0) is 12.1 Å². The molecule has 0 amide bonds. The van der Waals surface area contributed by atoms with Crippen LogP contribution in [0, 0.1) is 0 Å². The van der Waals surface area contributed by atoms with Crippen molar-refractivity contribution in [3.8, 4) is 22.6 Å². The first-order valence-electron chi connectivity index (χ1n) is 8.62. The molecule has 2 aromatic heterocycles. The van der Waals surface area contributed by atoms with Crippen LogP contribution in [0.1, 0.15) is 0 Å². The van der Waals surface area contributed by atoms with Gasteiger partial charge in [-0.15, -0.1) is 0 Å². The molecule has 0 atom stereocenters. The van der Waals surface area contributed by atoms with Crippen molar-refractivity contribution < 1.29 is 8.83 Å². The maximum atomic E-state index is 13.0. The Kier molecular flexibility index (Phi) is 4.00. The van der Waals surface area contributed by atoms with Gasteiger partial charge in [0.1, 0.15) is 16.9 Å². The molecule has 0 fully saturated rings. The van der Waals surface area contributed by atoms with Gasteiger partial charge in [0.15, 0.2) is 5.58 Å². The summed E-state index contributed by atoms with van der Waals surface area (Å²) in [6.45, 7) is 0.